The highest BCUT2D eigenvalue weighted by Crippen LogP contribution is 2.37. The van der Waals surface area contributed by atoms with Crippen molar-refractivity contribution in [3.63, 3.8) is 0 Å². The van der Waals surface area contributed by atoms with Gasteiger partial charge in [0.15, 0.2) is 0 Å². The zero-order chi connectivity index (χ0) is 18.4. The van der Waals surface area contributed by atoms with Crippen LogP contribution in [0.5, 0.6) is 0 Å². The molecule has 4 heterocycles. The number of nitrogens with zero attached hydrogens (tertiary/aromatic N) is 4. The van der Waals surface area contributed by atoms with Gasteiger partial charge >= 0.3 is 0 Å². The third-order valence-corrected chi connectivity index (χ3v) is 6.91. The SMILES string of the molecule is Cc1c(C(=O)N2CCCC2)sc2ncnc(N3CCc4ccccc4C3)c12. The number of carbonyl (C=O) groups excluding carboxylic acids is 1. The van der Waals surface area contributed by atoms with Gasteiger partial charge in [-0.25, -0.2) is 9.97 Å². The van der Waals surface area contributed by atoms with E-state index in [4.69, 9.17) is 0 Å². The van der Waals surface area contributed by atoms with Crippen molar-refractivity contribution in [3.8, 4) is 0 Å². The number of thiophene rings is 1. The molecular weight excluding hydrogens is 356 g/mol. The molecule has 0 aliphatic carbocycles. The van der Waals surface area contributed by atoms with Crippen LogP contribution in [0, 0.1) is 6.92 Å². The van der Waals surface area contributed by atoms with E-state index in [0.717, 1.165) is 71.9 Å². The summed E-state index contributed by atoms with van der Waals surface area (Å²) < 4.78 is 0. The van der Waals surface area contributed by atoms with E-state index in [1.54, 1.807) is 6.33 Å². The molecule has 2 aliphatic rings. The van der Waals surface area contributed by atoms with Gasteiger partial charge in [0.2, 0.25) is 0 Å². The lowest BCUT2D eigenvalue weighted by Crippen LogP contribution is -2.31. The Morgan fingerprint density at radius 1 is 1.07 bits per heavy atom. The lowest BCUT2D eigenvalue weighted by Gasteiger charge is -2.30. The first-order chi connectivity index (χ1) is 13.2. The minimum atomic E-state index is 0.155. The summed E-state index contributed by atoms with van der Waals surface area (Å²) in [6.45, 7) is 5.58. The topological polar surface area (TPSA) is 49.3 Å². The maximum absolute atomic E-state index is 13.0. The van der Waals surface area contributed by atoms with E-state index in [9.17, 15) is 4.79 Å². The Balaban J connectivity index is 1.55. The molecule has 0 radical (unpaired) electrons. The van der Waals surface area contributed by atoms with Gasteiger partial charge in [-0.1, -0.05) is 24.3 Å². The van der Waals surface area contributed by atoms with Crippen LogP contribution in [0.1, 0.15) is 39.2 Å². The van der Waals surface area contributed by atoms with Crippen LogP contribution in [0.2, 0.25) is 0 Å². The Bertz CT molecular complexity index is 1020. The first-order valence-electron chi connectivity index (χ1n) is 9.57. The smallest absolute Gasteiger partial charge is 0.264 e. The summed E-state index contributed by atoms with van der Waals surface area (Å²) in [5.41, 5.74) is 3.81. The molecule has 0 atom stereocenters. The first kappa shape index (κ1) is 16.7. The molecule has 2 aliphatic heterocycles. The third kappa shape index (κ3) is 2.79. The average molecular weight is 379 g/mol. The van der Waals surface area contributed by atoms with Gasteiger partial charge in [-0.15, -0.1) is 11.3 Å². The van der Waals surface area contributed by atoms with Crippen molar-refractivity contribution in [2.75, 3.05) is 24.5 Å². The average Bonchev–Trinajstić information content (AvgIpc) is 3.36. The molecule has 1 aromatic carbocycles. The van der Waals surface area contributed by atoms with Crippen LogP contribution >= 0.6 is 11.3 Å². The molecule has 138 valence electrons. The zero-order valence-electron chi connectivity index (χ0n) is 15.4. The van der Waals surface area contributed by atoms with Crippen molar-refractivity contribution >= 4 is 33.3 Å². The highest BCUT2D eigenvalue weighted by atomic mass is 32.1. The van der Waals surface area contributed by atoms with Crippen LogP contribution < -0.4 is 4.90 Å². The molecule has 0 spiro atoms. The van der Waals surface area contributed by atoms with E-state index in [0.29, 0.717) is 0 Å². The van der Waals surface area contributed by atoms with Gasteiger partial charge in [0.25, 0.3) is 5.91 Å². The number of aromatic nitrogens is 2. The van der Waals surface area contributed by atoms with Gasteiger partial charge in [0.05, 0.1) is 10.3 Å². The van der Waals surface area contributed by atoms with Crippen LogP contribution in [0.25, 0.3) is 10.2 Å². The van der Waals surface area contributed by atoms with Crippen molar-refractivity contribution in [3.05, 3.63) is 52.2 Å². The molecule has 6 heteroatoms. The second kappa shape index (κ2) is 6.60. The van der Waals surface area contributed by atoms with Crippen LogP contribution in [0.4, 0.5) is 5.82 Å². The summed E-state index contributed by atoms with van der Waals surface area (Å²) in [6, 6.07) is 8.62. The van der Waals surface area contributed by atoms with Gasteiger partial charge in [0, 0.05) is 26.2 Å². The molecule has 1 fully saturated rings. The Kier molecular flexibility index (Phi) is 4.08. The van der Waals surface area contributed by atoms with Crippen LogP contribution in [0.3, 0.4) is 0 Å². The van der Waals surface area contributed by atoms with Gasteiger partial charge in [0.1, 0.15) is 17.0 Å². The summed E-state index contributed by atoms with van der Waals surface area (Å²) in [7, 11) is 0. The number of likely N-dealkylation sites (tertiary alicyclic amines) is 1. The summed E-state index contributed by atoms with van der Waals surface area (Å²) in [6.07, 6.45) is 4.87. The quantitative estimate of drug-likeness (QED) is 0.681. The zero-order valence-corrected chi connectivity index (χ0v) is 16.3. The van der Waals surface area contributed by atoms with Crippen molar-refractivity contribution in [1.29, 1.82) is 0 Å². The number of carbonyl (C=O) groups is 1. The van der Waals surface area contributed by atoms with Gasteiger partial charge in [-0.3, -0.25) is 4.79 Å². The fourth-order valence-electron chi connectivity index (χ4n) is 4.24. The molecule has 1 amide bonds. The molecular formula is C21H22N4OS. The molecule has 1 saturated heterocycles. The molecule has 0 saturated carbocycles. The van der Waals surface area contributed by atoms with Crippen LogP contribution in [0.15, 0.2) is 30.6 Å². The summed E-state index contributed by atoms with van der Waals surface area (Å²) in [5, 5.41) is 1.05. The van der Waals surface area contributed by atoms with E-state index in [1.807, 2.05) is 11.8 Å². The van der Waals surface area contributed by atoms with Crippen LogP contribution in [-0.2, 0) is 13.0 Å². The molecule has 0 N–H and O–H groups in total. The lowest BCUT2D eigenvalue weighted by atomic mass is 9.99. The second-order valence-electron chi connectivity index (χ2n) is 7.37. The molecule has 3 aromatic rings. The molecule has 2 aromatic heterocycles. The normalized spacial score (nSPS) is 16.8. The van der Waals surface area contributed by atoms with E-state index in [2.05, 4.69) is 39.1 Å². The number of fused-ring (bicyclic) bond motifs is 2. The number of rotatable bonds is 2. The minimum Gasteiger partial charge on any atom is -0.351 e. The number of anilines is 1. The maximum Gasteiger partial charge on any atom is 0.264 e. The van der Waals surface area contributed by atoms with Crippen molar-refractivity contribution < 1.29 is 4.79 Å². The number of hydrogen-bond acceptors (Lipinski definition) is 5. The van der Waals surface area contributed by atoms with Gasteiger partial charge < -0.3 is 9.80 Å². The summed E-state index contributed by atoms with van der Waals surface area (Å²) in [4.78, 5) is 28.1. The Labute approximate surface area is 162 Å². The standard InChI is InChI=1S/C21H22N4OS/c1-14-17-19(25-11-8-15-6-2-3-7-16(15)12-25)22-13-23-20(17)27-18(14)21(26)24-9-4-5-10-24/h2-3,6-7,13H,4-5,8-12H2,1H3. The lowest BCUT2D eigenvalue weighted by molar-refractivity contribution is 0.0797. The highest BCUT2D eigenvalue weighted by Gasteiger charge is 2.27. The number of amides is 1. The molecule has 0 unspecified atom stereocenters. The summed E-state index contributed by atoms with van der Waals surface area (Å²) in [5.74, 6) is 1.12. The van der Waals surface area contributed by atoms with Crippen molar-refractivity contribution in [2.45, 2.75) is 32.7 Å². The van der Waals surface area contributed by atoms with Gasteiger partial charge in [-0.05, 0) is 42.9 Å². The van der Waals surface area contributed by atoms with Crippen molar-refractivity contribution in [1.82, 2.24) is 14.9 Å². The van der Waals surface area contributed by atoms with Gasteiger partial charge in [-0.2, -0.15) is 0 Å². The van der Waals surface area contributed by atoms with Crippen molar-refractivity contribution in [2.24, 2.45) is 0 Å². The number of aryl methyl sites for hydroxylation is 1. The second-order valence-corrected chi connectivity index (χ2v) is 8.37. The minimum absolute atomic E-state index is 0.155. The van der Waals surface area contributed by atoms with E-state index in [1.165, 1.54) is 22.5 Å². The maximum atomic E-state index is 13.0. The predicted molar refractivity (Wildman–Crippen MR) is 108 cm³/mol. The fourth-order valence-corrected chi connectivity index (χ4v) is 5.35. The molecule has 5 nitrogen and oxygen atoms in total. The molecule has 5 rings (SSSR count). The molecule has 0 bridgehead atoms. The fraction of sp³-hybridized carbons (Fsp3) is 0.381. The predicted octanol–water partition coefficient (Wildman–Crippen LogP) is 3.80. The van der Waals surface area contributed by atoms with E-state index >= 15 is 0 Å². The summed E-state index contributed by atoms with van der Waals surface area (Å²) >= 11 is 1.51. The first-order valence-corrected chi connectivity index (χ1v) is 10.4. The van der Waals surface area contributed by atoms with Crippen LogP contribution in [-0.4, -0.2) is 40.4 Å². The third-order valence-electron chi connectivity index (χ3n) is 5.72. The monoisotopic (exact) mass is 378 g/mol. The highest BCUT2D eigenvalue weighted by molar-refractivity contribution is 7.20. The molecule has 27 heavy (non-hydrogen) atoms. The van der Waals surface area contributed by atoms with E-state index < -0.39 is 0 Å². The Morgan fingerprint density at radius 3 is 2.67 bits per heavy atom. The number of hydrogen-bond donors (Lipinski definition) is 0. The largest absolute Gasteiger partial charge is 0.351 e. The number of benzene rings is 1. The van der Waals surface area contributed by atoms with E-state index in [-0.39, 0.29) is 5.91 Å². The Hall–Kier alpha value is -2.47. The Morgan fingerprint density at radius 2 is 1.85 bits per heavy atom.